The number of likely N-dealkylation sites (N-methyl/N-ethyl adjacent to an activating group) is 1. The molecule has 1 aliphatic rings. The van der Waals surface area contributed by atoms with E-state index < -0.39 is 16.0 Å². The van der Waals surface area contributed by atoms with Crippen molar-refractivity contribution < 1.29 is 23.1 Å². The van der Waals surface area contributed by atoms with Gasteiger partial charge in [0, 0.05) is 13.6 Å². The van der Waals surface area contributed by atoms with Crippen molar-refractivity contribution in [2.24, 2.45) is 0 Å². The van der Waals surface area contributed by atoms with E-state index in [1.54, 1.807) is 25.2 Å². The van der Waals surface area contributed by atoms with Crippen LogP contribution in [0.3, 0.4) is 0 Å². The Bertz CT molecular complexity index is 936. The molecule has 0 bridgehead atoms. The molecule has 150 valence electrons. The Hall–Kier alpha value is -2.22. The van der Waals surface area contributed by atoms with E-state index in [1.165, 1.54) is 4.31 Å². The highest BCUT2D eigenvalue weighted by molar-refractivity contribution is 7.89. The van der Waals surface area contributed by atoms with Crippen molar-refractivity contribution in [1.82, 2.24) is 4.31 Å². The van der Waals surface area contributed by atoms with Crippen molar-refractivity contribution in [2.45, 2.75) is 36.7 Å². The fraction of sp³-hybridized carbons (Fsp3) is 0.381. The Labute approximate surface area is 165 Å². The molecule has 7 heteroatoms. The summed E-state index contributed by atoms with van der Waals surface area (Å²) in [6.07, 6.45) is 0.838. The van der Waals surface area contributed by atoms with Crippen LogP contribution in [0.4, 0.5) is 0 Å². The molecule has 1 fully saturated rings. The first-order valence-corrected chi connectivity index (χ1v) is 10.8. The molecule has 1 saturated heterocycles. The molecule has 3 rings (SSSR count). The minimum absolute atomic E-state index is 0.00665. The molecule has 6 nitrogen and oxygen atoms in total. The number of rotatable bonds is 9. The van der Waals surface area contributed by atoms with Gasteiger partial charge in [0.15, 0.2) is 0 Å². The third kappa shape index (κ3) is 4.79. The number of carbonyl (C=O) groups is 1. The van der Waals surface area contributed by atoms with Crippen molar-refractivity contribution in [2.75, 3.05) is 20.2 Å². The van der Waals surface area contributed by atoms with E-state index in [0.717, 1.165) is 23.1 Å². The standard InChI is InChI=1S/C21H25NO5S/c1-3-15(12-21(23)24)16-7-9-17(10-8-16)18-5-4-6-20(11-18)28(25,26)22(2)13-19-14-27-19/h4-11,15,19H,3,12-14H2,1-2H3,(H,23,24)/t15-,19?/m0/s1. The second-order valence-electron chi connectivity index (χ2n) is 7.09. The van der Waals surface area contributed by atoms with Crippen molar-refractivity contribution in [3.8, 4) is 11.1 Å². The molecule has 1 aliphatic heterocycles. The number of sulfonamides is 1. The van der Waals surface area contributed by atoms with Crippen LogP contribution < -0.4 is 0 Å². The lowest BCUT2D eigenvalue weighted by atomic mass is 9.92. The summed E-state index contributed by atoms with van der Waals surface area (Å²) in [7, 11) is -2.01. The lowest BCUT2D eigenvalue weighted by Crippen LogP contribution is -2.30. The van der Waals surface area contributed by atoms with Crippen LogP contribution in [0.5, 0.6) is 0 Å². The molecule has 1 N–H and O–H groups in total. The second kappa shape index (κ2) is 8.43. The topological polar surface area (TPSA) is 87.2 Å². The Morgan fingerprint density at radius 2 is 1.89 bits per heavy atom. The summed E-state index contributed by atoms with van der Waals surface area (Å²) in [6.45, 7) is 2.93. The van der Waals surface area contributed by atoms with Crippen LogP contribution in [-0.4, -0.2) is 50.1 Å². The zero-order valence-electron chi connectivity index (χ0n) is 16.0. The van der Waals surface area contributed by atoms with Crippen LogP contribution in [0.2, 0.25) is 0 Å². The number of benzene rings is 2. The number of ether oxygens (including phenoxy) is 1. The van der Waals surface area contributed by atoms with Gasteiger partial charge in [0.1, 0.15) is 0 Å². The maximum Gasteiger partial charge on any atom is 0.303 e. The summed E-state index contributed by atoms with van der Waals surface area (Å²) in [4.78, 5) is 11.3. The van der Waals surface area contributed by atoms with Crippen LogP contribution in [0.1, 0.15) is 31.2 Å². The first-order valence-electron chi connectivity index (χ1n) is 9.31. The number of hydrogen-bond acceptors (Lipinski definition) is 4. The molecule has 1 heterocycles. The Morgan fingerprint density at radius 1 is 1.21 bits per heavy atom. The summed E-state index contributed by atoms with van der Waals surface area (Å²) < 4.78 is 32.0. The molecular weight excluding hydrogens is 378 g/mol. The minimum Gasteiger partial charge on any atom is -0.481 e. The normalized spacial score (nSPS) is 17.5. The lowest BCUT2D eigenvalue weighted by molar-refractivity contribution is -0.137. The van der Waals surface area contributed by atoms with Crippen LogP contribution in [0.25, 0.3) is 11.1 Å². The van der Waals surface area contributed by atoms with Gasteiger partial charge in [0.25, 0.3) is 0 Å². The monoisotopic (exact) mass is 403 g/mol. The molecule has 2 atom stereocenters. The maximum absolute atomic E-state index is 12.8. The van der Waals surface area contributed by atoms with Crippen LogP contribution >= 0.6 is 0 Å². The van der Waals surface area contributed by atoms with Gasteiger partial charge in [0.2, 0.25) is 10.0 Å². The van der Waals surface area contributed by atoms with Gasteiger partial charge in [-0.15, -0.1) is 0 Å². The first kappa shape index (κ1) is 20.5. The van der Waals surface area contributed by atoms with Crippen LogP contribution in [0, 0.1) is 0 Å². The molecule has 0 amide bonds. The van der Waals surface area contributed by atoms with Gasteiger partial charge in [0.05, 0.1) is 24.0 Å². The average molecular weight is 404 g/mol. The Morgan fingerprint density at radius 3 is 2.46 bits per heavy atom. The zero-order valence-corrected chi connectivity index (χ0v) is 16.9. The highest BCUT2D eigenvalue weighted by Gasteiger charge is 2.30. The third-order valence-corrected chi connectivity index (χ3v) is 6.85. The van der Waals surface area contributed by atoms with Gasteiger partial charge in [-0.05, 0) is 41.2 Å². The van der Waals surface area contributed by atoms with E-state index in [0.29, 0.717) is 13.2 Å². The molecule has 0 spiro atoms. The van der Waals surface area contributed by atoms with Crippen molar-refractivity contribution in [1.29, 1.82) is 0 Å². The molecular formula is C21H25NO5S. The number of nitrogens with zero attached hydrogens (tertiary/aromatic N) is 1. The van der Waals surface area contributed by atoms with Crippen molar-refractivity contribution >= 4 is 16.0 Å². The quantitative estimate of drug-likeness (QED) is 0.649. The van der Waals surface area contributed by atoms with E-state index >= 15 is 0 Å². The Kier molecular flexibility index (Phi) is 6.17. The first-order chi connectivity index (χ1) is 13.3. The summed E-state index contributed by atoms with van der Waals surface area (Å²) in [5.41, 5.74) is 2.66. The van der Waals surface area contributed by atoms with E-state index in [1.807, 2.05) is 37.3 Å². The maximum atomic E-state index is 12.8. The van der Waals surface area contributed by atoms with E-state index in [9.17, 15) is 13.2 Å². The zero-order chi connectivity index (χ0) is 20.3. The molecule has 28 heavy (non-hydrogen) atoms. The van der Waals surface area contributed by atoms with Gasteiger partial charge >= 0.3 is 5.97 Å². The van der Waals surface area contributed by atoms with E-state index in [2.05, 4.69) is 0 Å². The van der Waals surface area contributed by atoms with Crippen molar-refractivity contribution in [3.63, 3.8) is 0 Å². The number of hydrogen-bond donors (Lipinski definition) is 1. The minimum atomic E-state index is -3.58. The van der Waals surface area contributed by atoms with Crippen LogP contribution in [-0.2, 0) is 19.6 Å². The van der Waals surface area contributed by atoms with Gasteiger partial charge in [-0.25, -0.2) is 8.42 Å². The predicted octanol–water partition coefficient (Wildman–Crippen LogP) is 3.34. The highest BCUT2D eigenvalue weighted by Crippen LogP contribution is 2.28. The number of epoxide rings is 1. The van der Waals surface area contributed by atoms with E-state index in [4.69, 9.17) is 9.84 Å². The predicted molar refractivity (Wildman–Crippen MR) is 107 cm³/mol. The molecule has 2 aromatic carbocycles. The summed E-state index contributed by atoms with van der Waals surface area (Å²) in [5, 5.41) is 9.05. The summed E-state index contributed by atoms with van der Waals surface area (Å²) >= 11 is 0. The molecule has 0 saturated carbocycles. The molecule has 2 aromatic rings. The average Bonchev–Trinajstić information content (AvgIpc) is 3.50. The molecule has 0 radical (unpaired) electrons. The number of carboxylic acids is 1. The SMILES string of the molecule is CC[C@@H](CC(=O)O)c1ccc(-c2cccc(S(=O)(=O)N(C)CC3CO3)c2)cc1. The van der Waals surface area contributed by atoms with Gasteiger partial charge in [-0.1, -0.05) is 43.3 Å². The fourth-order valence-electron chi connectivity index (χ4n) is 3.23. The second-order valence-corrected chi connectivity index (χ2v) is 9.14. The largest absolute Gasteiger partial charge is 0.481 e. The molecule has 1 unspecified atom stereocenters. The third-order valence-electron chi connectivity index (χ3n) is 5.03. The Balaban J connectivity index is 1.82. The smallest absolute Gasteiger partial charge is 0.303 e. The van der Waals surface area contributed by atoms with Crippen molar-refractivity contribution in [3.05, 3.63) is 54.1 Å². The fourth-order valence-corrected chi connectivity index (χ4v) is 4.48. The van der Waals surface area contributed by atoms with Gasteiger partial charge in [-0.2, -0.15) is 4.31 Å². The molecule has 0 aromatic heterocycles. The summed E-state index contributed by atoms with van der Waals surface area (Å²) in [6, 6.07) is 14.5. The number of aliphatic carboxylic acids is 1. The van der Waals surface area contributed by atoms with Crippen LogP contribution in [0.15, 0.2) is 53.4 Å². The molecule has 0 aliphatic carbocycles. The van der Waals surface area contributed by atoms with E-state index in [-0.39, 0.29) is 23.3 Å². The van der Waals surface area contributed by atoms with Gasteiger partial charge < -0.3 is 9.84 Å². The van der Waals surface area contributed by atoms with Gasteiger partial charge in [-0.3, -0.25) is 4.79 Å². The lowest BCUT2D eigenvalue weighted by Gasteiger charge is -2.17. The number of carboxylic acid groups (broad SMARTS) is 1. The highest BCUT2D eigenvalue weighted by atomic mass is 32.2. The summed E-state index contributed by atoms with van der Waals surface area (Å²) in [5.74, 6) is -0.842.